The van der Waals surface area contributed by atoms with Crippen molar-refractivity contribution in [2.75, 3.05) is 0 Å². The fraction of sp³-hybridized carbons (Fsp3) is 0.250. The Hall–Kier alpha value is -1.61. The zero-order valence-corrected chi connectivity index (χ0v) is 8.67. The summed E-state index contributed by atoms with van der Waals surface area (Å²) >= 11 is 0. The van der Waals surface area contributed by atoms with E-state index in [1.165, 1.54) is 0 Å². The maximum atomic E-state index is 9.40. The number of aromatic nitrogens is 2. The number of aliphatic hydroxyl groups is 1. The van der Waals surface area contributed by atoms with Crippen molar-refractivity contribution in [2.24, 2.45) is 0 Å². The van der Waals surface area contributed by atoms with Crippen LogP contribution in [-0.2, 0) is 6.42 Å². The van der Waals surface area contributed by atoms with Crippen molar-refractivity contribution in [3.8, 4) is 5.69 Å². The molecule has 0 saturated heterocycles. The molecule has 0 radical (unpaired) electrons. The van der Waals surface area contributed by atoms with Crippen LogP contribution in [0.3, 0.4) is 0 Å². The minimum atomic E-state index is -0.332. The second-order valence-corrected chi connectivity index (χ2v) is 3.63. The average Bonchev–Trinajstić information content (AvgIpc) is 2.70. The third-order valence-corrected chi connectivity index (χ3v) is 2.26. The summed E-state index contributed by atoms with van der Waals surface area (Å²) in [5.74, 6) is 0. The van der Waals surface area contributed by atoms with Crippen LogP contribution in [-0.4, -0.2) is 21.0 Å². The molecular weight excluding hydrogens is 188 g/mol. The van der Waals surface area contributed by atoms with Crippen LogP contribution in [0.1, 0.15) is 12.5 Å². The predicted octanol–water partition coefficient (Wildman–Crippen LogP) is 1.80. The highest BCUT2D eigenvalue weighted by atomic mass is 16.3. The SMILES string of the molecule is CC(O)Cc1ccccc1-n1cccn1. The molecule has 0 aliphatic carbocycles. The molecule has 0 fully saturated rings. The van der Waals surface area contributed by atoms with Crippen molar-refractivity contribution >= 4 is 0 Å². The lowest BCUT2D eigenvalue weighted by Gasteiger charge is -2.10. The van der Waals surface area contributed by atoms with E-state index in [1.54, 1.807) is 13.1 Å². The van der Waals surface area contributed by atoms with E-state index in [4.69, 9.17) is 0 Å². The quantitative estimate of drug-likeness (QED) is 0.824. The Bertz CT molecular complexity index is 421. The van der Waals surface area contributed by atoms with Gasteiger partial charge in [0.1, 0.15) is 0 Å². The fourth-order valence-corrected chi connectivity index (χ4v) is 1.64. The van der Waals surface area contributed by atoms with Crippen molar-refractivity contribution in [3.05, 3.63) is 48.3 Å². The molecule has 3 nitrogen and oxygen atoms in total. The van der Waals surface area contributed by atoms with Crippen LogP contribution in [0.15, 0.2) is 42.7 Å². The summed E-state index contributed by atoms with van der Waals surface area (Å²) in [7, 11) is 0. The highest BCUT2D eigenvalue weighted by Crippen LogP contribution is 2.15. The number of para-hydroxylation sites is 1. The van der Waals surface area contributed by atoms with Crippen LogP contribution < -0.4 is 0 Å². The molecule has 3 heteroatoms. The van der Waals surface area contributed by atoms with Crippen LogP contribution in [0.5, 0.6) is 0 Å². The van der Waals surface area contributed by atoms with Crippen molar-refractivity contribution in [2.45, 2.75) is 19.4 Å². The van der Waals surface area contributed by atoms with Gasteiger partial charge in [0.2, 0.25) is 0 Å². The first kappa shape index (κ1) is 9.93. The summed E-state index contributed by atoms with van der Waals surface area (Å²) in [6.07, 6.45) is 3.97. The summed E-state index contributed by atoms with van der Waals surface area (Å²) in [4.78, 5) is 0. The number of aliphatic hydroxyl groups excluding tert-OH is 1. The summed E-state index contributed by atoms with van der Waals surface area (Å²) < 4.78 is 1.82. The average molecular weight is 202 g/mol. The van der Waals surface area contributed by atoms with Crippen molar-refractivity contribution in [1.82, 2.24) is 9.78 Å². The molecule has 1 aromatic carbocycles. The number of nitrogens with zero attached hydrogens (tertiary/aromatic N) is 2. The highest BCUT2D eigenvalue weighted by molar-refractivity contribution is 5.40. The van der Waals surface area contributed by atoms with Crippen LogP contribution in [0.2, 0.25) is 0 Å². The Balaban J connectivity index is 2.38. The van der Waals surface area contributed by atoms with Crippen LogP contribution >= 0.6 is 0 Å². The topological polar surface area (TPSA) is 38.0 Å². The van der Waals surface area contributed by atoms with Crippen molar-refractivity contribution < 1.29 is 5.11 Å². The van der Waals surface area contributed by atoms with E-state index < -0.39 is 0 Å². The van der Waals surface area contributed by atoms with E-state index in [1.807, 2.05) is 41.2 Å². The molecule has 1 N–H and O–H groups in total. The molecule has 0 aliphatic rings. The highest BCUT2D eigenvalue weighted by Gasteiger charge is 2.06. The minimum Gasteiger partial charge on any atom is -0.393 e. The summed E-state index contributed by atoms with van der Waals surface area (Å²) in [5, 5.41) is 13.6. The van der Waals surface area contributed by atoms with Gasteiger partial charge in [0.05, 0.1) is 11.8 Å². The van der Waals surface area contributed by atoms with E-state index in [-0.39, 0.29) is 6.10 Å². The van der Waals surface area contributed by atoms with Gasteiger partial charge in [0, 0.05) is 18.8 Å². The maximum Gasteiger partial charge on any atom is 0.0678 e. The third kappa shape index (κ3) is 2.25. The predicted molar refractivity (Wildman–Crippen MR) is 58.9 cm³/mol. The third-order valence-electron chi connectivity index (χ3n) is 2.26. The molecule has 1 aromatic heterocycles. The molecule has 1 atom stereocenters. The molecular formula is C12H14N2O. The molecule has 1 unspecified atom stereocenters. The Morgan fingerprint density at radius 1 is 1.33 bits per heavy atom. The monoisotopic (exact) mass is 202 g/mol. The van der Waals surface area contributed by atoms with E-state index >= 15 is 0 Å². The molecule has 0 amide bonds. The number of rotatable bonds is 3. The Morgan fingerprint density at radius 3 is 2.80 bits per heavy atom. The summed E-state index contributed by atoms with van der Waals surface area (Å²) in [6.45, 7) is 1.79. The van der Waals surface area contributed by atoms with Gasteiger partial charge in [-0.25, -0.2) is 4.68 Å². The first-order chi connectivity index (χ1) is 7.27. The molecule has 15 heavy (non-hydrogen) atoms. The van der Waals surface area contributed by atoms with Gasteiger partial charge in [-0.2, -0.15) is 5.10 Å². The van der Waals surface area contributed by atoms with E-state index in [0.29, 0.717) is 6.42 Å². The van der Waals surface area contributed by atoms with E-state index in [9.17, 15) is 5.11 Å². The number of benzene rings is 1. The molecule has 0 spiro atoms. The number of hydrogen-bond donors (Lipinski definition) is 1. The second kappa shape index (κ2) is 4.28. The van der Waals surface area contributed by atoms with Gasteiger partial charge in [-0.1, -0.05) is 18.2 Å². The van der Waals surface area contributed by atoms with Gasteiger partial charge in [0.25, 0.3) is 0 Å². The van der Waals surface area contributed by atoms with Crippen LogP contribution in [0.25, 0.3) is 5.69 Å². The van der Waals surface area contributed by atoms with Crippen LogP contribution in [0, 0.1) is 0 Å². The molecule has 78 valence electrons. The molecule has 0 bridgehead atoms. The van der Waals surface area contributed by atoms with E-state index in [2.05, 4.69) is 5.10 Å². The lowest BCUT2D eigenvalue weighted by atomic mass is 10.1. The van der Waals surface area contributed by atoms with E-state index in [0.717, 1.165) is 11.3 Å². The minimum absolute atomic E-state index is 0.332. The Morgan fingerprint density at radius 2 is 2.13 bits per heavy atom. The zero-order chi connectivity index (χ0) is 10.7. The van der Waals surface area contributed by atoms with Gasteiger partial charge >= 0.3 is 0 Å². The lowest BCUT2D eigenvalue weighted by molar-refractivity contribution is 0.195. The molecule has 0 aliphatic heterocycles. The smallest absolute Gasteiger partial charge is 0.0678 e. The normalized spacial score (nSPS) is 12.7. The summed E-state index contributed by atoms with van der Waals surface area (Å²) in [5.41, 5.74) is 2.14. The molecule has 2 aromatic rings. The van der Waals surface area contributed by atoms with Crippen LogP contribution in [0.4, 0.5) is 0 Å². The van der Waals surface area contributed by atoms with Gasteiger partial charge in [-0.05, 0) is 24.6 Å². The fourth-order valence-electron chi connectivity index (χ4n) is 1.64. The van der Waals surface area contributed by atoms with Crippen molar-refractivity contribution in [1.29, 1.82) is 0 Å². The molecule has 1 heterocycles. The zero-order valence-electron chi connectivity index (χ0n) is 8.67. The first-order valence-electron chi connectivity index (χ1n) is 5.03. The van der Waals surface area contributed by atoms with Gasteiger partial charge in [0.15, 0.2) is 0 Å². The largest absolute Gasteiger partial charge is 0.393 e. The maximum absolute atomic E-state index is 9.40. The van der Waals surface area contributed by atoms with Gasteiger partial charge in [-0.3, -0.25) is 0 Å². The Labute approximate surface area is 89.0 Å². The standard InChI is InChI=1S/C12H14N2O/c1-10(15)9-11-5-2-3-6-12(11)14-8-4-7-13-14/h2-8,10,15H,9H2,1H3. The summed E-state index contributed by atoms with van der Waals surface area (Å²) in [6, 6.07) is 9.86. The second-order valence-electron chi connectivity index (χ2n) is 3.63. The van der Waals surface area contributed by atoms with Gasteiger partial charge in [-0.15, -0.1) is 0 Å². The molecule has 0 saturated carbocycles. The first-order valence-corrected chi connectivity index (χ1v) is 5.03. The number of hydrogen-bond acceptors (Lipinski definition) is 2. The van der Waals surface area contributed by atoms with Gasteiger partial charge < -0.3 is 5.11 Å². The molecule has 2 rings (SSSR count). The lowest BCUT2D eigenvalue weighted by Crippen LogP contribution is -2.08. The van der Waals surface area contributed by atoms with Crippen molar-refractivity contribution in [3.63, 3.8) is 0 Å². The Kier molecular flexibility index (Phi) is 2.83.